The molecule has 0 unspecified atom stereocenters. The summed E-state index contributed by atoms with van der Waals surface area (Å²) in [6.45, 7) is 0.780. The third-order valence-electron chi connectivity index (χ3n) is 4.52. The van der Waals surface area contributed by atoms with Crippen LogP contribution >= 0.6 is 34.8 Å². The van der Waals surface area contributed by atoms with Crippen LogP contribution in [-0.2, 0) is 21.4 Å². The molecule has 1 aliphatic rings. The molecule has 0 amide bonds. The highest BCUT2D eigenvalue weighted by molar-refractivity contribution is 7.89. The minimum atomic E-state index is -3.69. The number of nitrogens with zero attached hydrogens (tertiary/aromatic N) is 1. The zero-order chi connectivity index (χ0) is 20.3. The summed E-state index contributed by atoms with van der Waals surface area (Å²) in [6, 6.07) is 8.99. The van der Waals surface area contributed by atoms with Crippen molar-refractivity contribution in [2.24, 2.45) is 0 Å². The summed E-state index contributed by atoms with van der Waals surface area (Å²) in [5.74, 6) is -0.753. The van der Waals surface area contributed by atoms with E-state index >= 15 is 0 Å². The van der Waals surface area contributed by atoms with Crippen LogP contribution in [0, 0.1) is 0 Å². The standard InChI is InChI=1S/C19H18Cl3NO4S/c20-16-5-4-6-17(21)15(16)12-27-19(24)14-11-13(7-8-18(14)22)28(25,26)23-9-2-1-3-10-23/h4-8,11H,1-3,9-10,12H2. The van der Waals surface area contributed by atoms with Gasteiger partial charge in [0.15, 0.2) is 0 Å². The van der Waals surface area contributed by atoms with E-state index in [1.807, 2.05) is 0 Å². The van der Waals surface area contributed by atoms with Gasteiger partial charge in [0.1, 0.15) is 6.61 Å². The van der Waals surface area contributed by atoms with Crippen LogP contribution in [0.5, 0.6) is 0 Å². The van der Waals surface area contributed by atoms with E-state index in [9.17, 15) is 13.2 Å². The maximum Gasteiger partial charge on any atom is 0.340 e. The van der Waals surface area contributed by atoms with Gasteiger partial charge in [0, 0.05) is 28.7 Å². The molecule has 28 heavy (non-hydrogen) atoms. The van der Waals surface area contributed by atoms with Crippen LogP contribution in [0.1, 0.15) is 35.2 Å². The second kappa shape index (κ2) is 9.01. The lowest BCUT2D eigenvalue weighted by Crippen LogP contribution is -2.35. The first-order valence-electron chi connectivity index (χ1n) is 8.70. The predicted octanol–water partition coefficient (Wildman–Crippen LogP) is 5.18. The molecule has 0 atom stereocenters. The van der Waals surface area contributed by atoms with Crippen molar-refractivity contribution < 1.29 is 17.9 Å². The van der Waals surface area contributed by atoms with Gasteiger partial charge >= 0.3 is 5.97 Å². The third kappa shape index (κ3) is 4.63. The number of ether oxygens (including phenoxy) is 1. The van der Waals surface area contributed by atoms with Gasteiger partial charge in [-0.25, -0.2) is 13.2 Å². The molecule has 0 aromatic heterocycles. The highest BCUT2D eigenvalue weighted by Gasteiger charge is 2.27. The summed E-state index contributed by atoms with van der Waals surface area (Å²) >= 11 is 18.3. The number of esters is 1. The second-order valence-corrected chi connectivity index (χ2v) is 9.54. The zero-order valence-electron chi connectivity index (χ0n) is 14.8. The van der Waals surface area contributed by atoms with Gasteiger partial charge in [0.2, 0.25) is 10.0 Å². The summed E-state index contributed by atoms with van der Waals surface area (Å²) in [5, 5.41) is 0.841. The first-order chi connectivity index (χ1) is 13.3. The van der Waals surface area contributed by atoms with E-state index in [-0.39, 0.29) is 22.1 Å². The van der Waals surface area contributed by atoms with Crippen molar-refractivity contribution in [1.29, 1.82) is 0 Å². The maximum atomic E-state index is 12.8. The zero-order valence-corrected chi connectivity index (χ0v) is 17.9. The molecule has 2 aromatic carbocycles. The van der Waals surface area contributed by atoms with E-state index < -0.39 is 16.0 Å². The molecular weight excluding hydrogens is 445 g/mol. The monoisotopic (exact) mass is 461 g/mol. The summed E-state index contributed by atoms with van der Waals surface area (Å²) in [6.07, 6.45) is 2.65. The Hall–Kier alpha value is -1.31. The lowest BCUT2D eigenvalue weighted by Gasteiger charge is -2.26. The molecule has 1 saturated heterocycles. The topological polar surface area (TPSA) is 63.7 Å². The van der Waals surface area contributed by atoms with Crippen LogP contribution in [0.15, 0.2) is 41.3 Å². The molecular formula is C19H18Cl3NO4S. The smallest absolute Gasteiger partial charge is 0.340 e. The molecule has 3 rings (SSSR count). The summed E-state index contributed by atoms with van der Waals surface area (Å²) in [5.41, 5.74) is 0.440. The van der Waals surface area contributed by atoms with Crippen molar-refractivity contribution in [2.75, 3.05) is 13.1 Å². The third-order valence-corrected chi connectivity index (χ3v) is 7.45. The highest BCUT2D eigenvalue weighted by Crippen LogP contribution is 2.28. The fourth-order valence-corrected chi connectivity index (χ4v) is 5.21. The molecule has 0 aliphatic carbocycles. The summed E-state index contributed by atoms with van der Waals surface area (Å²) in [7, 11) is -3.69. The molecule has 1 fully saturated rings. The van der Waals surface area contributed by atoms with Crippen LogP contribution < -0.4 is 0 Å². The number of carbonyl (C=O) groups is 1. The van der Waals surface area contributed by atoms with Crippen LogP contribution in [0.3, 0.4) is 0 Å². The molecule has 0 bridgehead atoms. The first kappa shape index (κ1) is 21.4. The first-order valence-corrected chi connectivity index (χ1v) is 11.3. The average molecular weight is 463 g/mol. The number of carbonyl (C=O) groups excluding carboxylic acids is 1. The number of rotatable bonds is 5. The molecule has 9 heteroatoms. The van der Waals surface area contributed by atoms with Gasteiger partial charge in [-0.3, -0.25) is 0 Å². The fourth-order valence-electron chi connectivity index (χ4n) is 2.96. The number of piperidine rings is 1. The molecule has 5 nitrogen and oxygen atoms in total. The van der Waals surface area contributed by atoms with Crippen molar-refractivity contribution in [3.63, 3.8) is 0 Å². The Morgan fingerprint density at radius 3 is 2.25 bits per heavy atom. The molecule has 1 aliphatic heterocycles. The lowest BCUT2D eigenvalue weighted by atomic mass is 10.2. The maximum absolute atomic E-state index is 12.8. The highest BCUT2D eigenvalue weighted by atomic mass is 35.5. The summed E-state index contributed by atoms with van der Waals surface area (Å²) < 4.78 is 32.4. The van der Waals surface area contributed by atoms with Gasteiger partial charge in [-0.15, -0.1) is 0 Å². The summed E-state index contributed by atoms with van der Waals surface area (Å²) in [4.78, 5) is 12.5. The van der Waals surface area contributed by atoms with Crippen molar-refractivity contribution in [1.82, 2.24) is 4.31 Å². The van der Waals surface area contributed by atoms with Crippen molar-refractivity contribution in [2.45, 2.75) is 30.8 Å². The van der Waals surface area contributed by atoms with Crippen LogP contribution in [0.25, 0.3) is 0 Å². The van der Waals surface area contributed by atoms with Crippen molar-refractivity contribution in [3.8, 4) is 0 Å². The second-order valence-electron chi connectivity index (χ2n) is 6.38. The minimum Gasteiger partial charge on any atom is -0.457 e. The van der Waals surface area contributed by atoms with Gasteiger partial charge in [0.25, 0.3) is 0 Å². The number of hydrogen-bond acceptors (Lipinski definition) is 4. The van der Waals surface area contributed by atoms with E-state index in [1.165, 1.54) is 22.5 Å². The minimum absolute atomic E-state index is 0.0153. The van der Waals surface area contributed by atoms with Gasteiger partial charge in [-0.05, 0) is 43.2 Å². The average Bonchev–Trinajstić information content (AvgIpc) is 2.68. The van der Waals surface area contributed by atoms with Crippen LogP contribution in [-0.4, -0.2) is 31.8 Å². The molecule has 150 valence electrons. The number of sulfonamides is 1. The molecule has 1 heterocycles. The van der Waals surface area contributed by atoms with E-state index in [4.69, 9.17) is 39.5 Å². The normalized spacial score (nSPS) is 15.4. The predicted molar refractivity (Wildman–Crippen MR) is 110 cm³/mol. The Bertz CT molecular complexity index is 968. The van der Waals surface area contributed by atoms with Gasteiger partial charge in [-0.2, -0.15) is 4.31 Å². The Kier molecular flexibility index (Phi) is 6.89. The quantitative estimate of drug-likeness (QED) is 0.574. The molecule has 0 N–H and O–H groups in total. The Morgan fingerprint density at radius 1 is 0.964 bits per heavy atom. The van der Waals surface area contributed by atoms with E-state index in [1.54, 1.807) is 18.2 Å². The van der Waals surface area contributed by atoms with E-state index in [2.05, 4.69) is 0 Å². The van der Waals surface area contributed by atoms with E-state index in [0.29, 0.717) is 28.7 Å². The van der Waals surface area contributed by atoms with Crippen LogP contribution in [0.4, 0.5) is 0 Å². The van der Waals surface area contributed by atoms with Gasteiger partial charge < -0.3 is 4.74 Å². The lowest BCUT2D eigenvalue weighted by molar-refractivity contribution is 0.0473. The molecule has 0 radical (unpaired) electrons. The van der Waals surface area contributed by atoms with E-state index in [0.717, 1.165) is 19.3 Å². The van der Waals surface area contributed by atoms with Gasteiger partial charge in [0.05, 0.1) is 15.5 Å². The number of benzene rings is 2. The fraction of sp³-hybridized carbons (Fsp3) is 0.316. The van der Waals surface area contributed by atoms with Crippen LogP contribution in [0.2, 0.25) is 15.1 Å². The number of halogens is 3. The molecule has 0 spiro atoms. The molecule has 2 aromatic rings. The van der Waals surface area contributed by atoms with Crippen molar-refractivity contribution >= 4 is 50.8 Å². The SMILES string of the molecule is O=C(OCc1c(Cl)cccc1Cl)c1cc(S(=O)(=O)N2CCCCC2)ccc1Cl. The number of hydrogen-bond donors (Lipinski definition) is 0. The van der Waals surface area contributed by atoms with Crippen molar-refractivity contribution in [3.05, 3.63) is 62.6 Å². The Morgan fingerprint density at radius 2 is 1.61 bits per heavy atom. The van der Waals surface area contributed by atoms with Gasteiger partial charge in [-0.1, -0.05) is 47.3 Å². The molecule has 0 saturated carbocycles. The largest absolute Gasteiger partial charge is 0.457 e. The Labute approximate surface area is 179 Å². The Balaban J connectivity index is 1.82.